The van der Waals surface area contributed by atoms with E-state index in [9.17, 15) is 19.8 Å². The lowest BCUT2D eigenvalue weighted by atomic mass is 9.88. The molecule has 122 valence electrons. The van der Waals surface area contributed by atoms with Crippen molar-refractivity contribution in [3.63, 3.8) is 0 Å². The van der Waals surface area contributed by atoms with Gasteiger partial charge in [-0.2, -0.15) is 0 Å². The highest BCUT2D eigenvalue weighted by Gasteiger charge is 2.25. The minimum atomic E-state index is -0.668. The second-order valence-electron chi connectivity index (χ2n) is 5.23. The van der Waals surface area contributed by atoms with E-state index in [1.165, 1.54) is 18.2 Å². The summed E-state index contributed by atoms with van der Waals surface area (Å²) >= 11 is 0. The van der Waals surface area contributed by atoms with E-state index in [0.717, 1.165) is 0 Å². The normalized spacial score (nSPS) is 11.9. The number of hydrogen-bond donors (Lipinski definition) is 3. The van der Waals surface area contributed by atoms with Crippen LogP contribution in [-0.4, -0.2) is 27.8 Å². The Balaban J connectivity index is 2.51. The molecule has 0 aliphatic heterocycles. The number of ether oxygens (including phenoxy) is 1. The van der Waals surface area contributed by atoms with E-state index < -0.39 is 17.4 Å². The topological polar surface area (TPSA) is 99.6 Å². The van der Waals surface area contributed by atoms with E-state index in [1.54, 1.807) is 26.0 Å². The van der Waals surface area contributed by atoms with Gasteiger partial charge in [0.1, 0.15) is 11.5 Å². The van der Waals surface area contributed by atoms with E-state index >= 15 is 0 Å². The van der Waals surface area contributed by atoms with Gasteiger partial charge < -0.3 is 19.9 Å². The molecule has 1 aromatic carbocycles. The number of aromatic nitrogens is 1. The number of nitrogens with one attached hydrogen (secondary N) is 1. The quantitative estimate of drug-likeness (QED) is 0.734. The third kappa shape index (κ3) is 3.91. The molecule has 1 aromatic heterocycles. The fraction of sp³-hybridized carbons (Fsp3) is 0.294. The average molecular weight is 317 g/mol. The molecule has 3 N–H and O–H groups in total. The molecule has 0 spiro atoms. The largest absolute Gasteiger partial charge is 0.508 e. The standard InChI is InChI=1S/C17H19NO5/c1-3-23-15(21)9-13(11-4-6-12(19)7-5-11)16-14(20)8-10(2)18-17(16)22/h4-8,13,19H,3,9H2,1-2H3,(H2,18,20,22)/t13-/m0/s1. The van der Waals surface area contributed by atoms with Crippen LogP contribution >= 0.6 is 0 Å². The molecule has 0 radical (unpaired) electrons. The van der Waals surface area contributed by atoms with Crippen LogP contribution in [0.15, 0.2) is 35.1 Å². The zero-order valence-corrected chi connectivity index (χ0v) is 13.0. The molecule has 0 bridgehead atoms. The Morgan fingerprint density at radius 2 is 1.91 bits per heavy atom. The fourth-order valence-electron chi connectivity index (χ4n) is 2.50. The first kappa shape index (κ1) is 16.6. The molecule has 0 amide bonds. The molecule has 2 rings (SSSR count). The summed E-state index contributed by atoms with van der Waals surface area (Å²) in [6, 6.07) is 7.59. The van der Waals surface area contributed by atoms with Crippen molar-refractivity contribution in [2.45, 2.75) is 26.2 Å². The number of aryl methyl sites for hydroxylation is 1. The van der Waals surface area contributed by atoms with Gasteiger partial charge in [0.05, 0.1) is 18.6 Å². The van der Waals surface area contributed by atoms with Gasteiger partial charge in [-0.1, -0.05) is 12.1 Å². The maximum atomic E-state index is 12.3. The number of H-pyrrole nitrogens is 1. The highest BCUT2D eigenvalue weighted by atomic mass is 16.5. The summed E-state index contributed by atoms with van der Waals surface area (Å²) in [6.07, 6.45) is -0.0850. The summed E-state index contributed by atoms with van der Waals surface area (Å²) in [5.74, 6) is -1.23. The number of pyridine rings is 1. The van der Waals surface area contributed by atoms with Crippen LogP contribution in [-0.2, 0) is 9.53 Å². The monoisotopic (exact) mass is 317 g/mol. The molecule has 0 aliphatic carbocycles. The number of carbonyl (C=O) groups is 1. The SMILES string of the molecule is CCOC(=O)C[C@@H](c1ccc(O)cc1)c1c(O)cc(C)[nH]c1=O. The lowest BCUT2D eigenvalue weighted by Gasteiger charge is -2.18. The number of phenolic OH excluding ortho intramolecular Hbond substituents is 1. The van der Waals surface area contributed by atoms with Gasteiger partial charge in [0.15, 0.2) is 0 Å². The van der Waals surface area contributed by atoms with Crippen molar-refractivity contribution in [2.75, 3.05) is 6.61 Å². The van der Waals surface area contributed by atoms with Crippen molar-refractivity contribution in [1.29, 1.82) is 0 Å². The van der Waals surface area contributed by atoms with Gasteiger partial charge in [0.25, 0.3) is 5.56 Å². The van der Waals surface area contributed by atoms with Crippen molar-refractivity contribution in [3.8, 4) is 11.5 Å². The predicted octanol–water partition coefficient (Wildman–Crippen LogP) is 2.18. The predicted molar refractivity (Wildman–Crippen MR) is 84.7 cm³/mol. The fourth-order valence-corrected chi connectivity index (χ4v) is 2.50. The van der Waals surface area contributed by atoms with Gasteiger partial charge in [-0.3, -0.25) is 9.59 Å². The Labute approximate surface area is 133 Å². The van der Waals surface area contributed by atoms with E-state index in [1.807, 2.05) is 0 Å². The molecule has 6 nitrogen and oxygen atoms in total. The van der Waals surface area contributed by atoms with E-state index in [2.05, 4.69) is 4.98 Å². The van der Waals surface area contributed by atoms with Crippen molar-refractivity contribution in [3.05, 3.63) is 57.5 Å². The number of rotatable bonds is 5. The number of aromatic amines is 1. The van der Waals surface area contributed by atoms with Crippen molar-refractivity contribution >= 4 is 5.97 Å². The maximum Gasteiger partial charge on any atom is 0.306 e. The van der Waals surface area contributed by atoms with Gasteiger partial charge in [0.2, 0.25) is 0 Å². The molecule has 0 unspecified atom stereocenters. The van der Waals surface area contributed by atoms with Crippen LogP contribution in [0.5, 0.6) is 11.5 Å². The summed E-state index contributed by atoms with van der Waals surface area (Å²) in [5, 5.41) is 19.6. The number of aromatic hydroxyl groups is 2. The zero-order chi connectivity index (χ0) is 17.0. The highest BCUT2D eigenvalue weighted by molar-refractivity contribution is 5.71. The molecule has 2 aromatic rings. The Kier molecular flexibility index (Phi) is 5.05. The lowest BCUT2D eigenvalue weighted by molar-refractivity contribution is -0.143. The first-order chi connectivity index (χ1) is 10.9. The lowest BCUT2D eigenvalue weighted by Crippen LogP contribution is -2.21. The van der Waals surface area contributed by atoms with Crippen LogP contribution in [0, 0.1) is 6.92 Å². The first-order valence-corrected chi connectivity index (χ1v) is 7.29. The second-order valence-corrected chi connectivity index (χ2v) is 5.23. The summed E-state index contributed by atoms with van der Waals surface area (Å²) in [6.45, 7) is 3.59. The first-order valence-electron chi connectivity index (χ1n) is 7.29. The Hall–Kier alpha value is -2.76. The van der Waals surface area contributed by atoms with Gasteiger partial charge in [0, 0.05) is 11.6 Å². The molecule has 0 aliphatic rings. The zero-order valence-electron chi connectivity index (χ0n) is 13.0. The van der Waals surface area contributed by atoms with Crippen molar-refractivity contribution in [2.24, 2.45) is 0 Å². The van der Waals surface area contributed by atoms with E-state index in [0.29, 0.717) is 11.3 Å². The molecule has 1 atom stereocenters. The van der Waals surface area contributed by atoms with Gasteiger partial charge in [-0.25, -0.2) is 0 Å². The molecule has 1 heterocycles. The smallest absolute Gasteiger partial charge is 0.306 e. The Morgan fingerprint density at radius 1 is 1.26 bits per heavy atom. The highest BCUT2D eigenvalue weighted by Crippen LogP contribution is 2.32. The third-order valence-electron chi connectivity index (χ3n) is 3.50. The van der Waals surface area contributed by atoms with Crippen LogP contribution in [0.3, 0.4) is 0 Å². The summed E-state index contributed by atoms with van der Waals surface area (Å²) < 4.78 is 4.96. The summed E-state index contributed by atoms with van der Waals surface area (Å²) in [4.78, 5) is 26.8. The van der Waals surface area contributed by atoms with Crippen molar-refractivity contribution in [1.82, 2.24) is 4.98 Å². The molecular formula is C17H19NO5. The van der Waals surface area contributed by atoms with Crippen LogP contribution in [0.25, 0.3) is 0 Å². The van der Waals surface area contributed by atoms with Crippen LogP contribution < -0.4 is 5.56 Å². The second kappa shape index (κ2) is 7.00. The average Bonchev–Trinajstić information content (AvgIpc) is 2.46. The van der Waals surface area contributed by atoms with Crippen molar-refractivity contribution < 1.29 is 19.7 Å². The van der Waals surface area contributed by atoms with Gasteiger partial charge in [-0.15, -0.1) is 0 Å². The third-order valence-corrected chi connectivity index (χ3v) is 3.50. The molecule has 23 heavy (non-hydrogen) atoms. The van der Waals surface area contributed by atoms with Crippen LogP contribution in [0.1, 0.15) is 36.1 Å². The molecule has 0 saturated carbocycles. The molecule has 0 saturated heterocycles. The minimum absolute atomic E-state index is 0.0747. The van der Waals surface area contributed by atoms with Gasteiger partial charge >= 0.3 is 5.97 Å². The maximum absolute atomic E-state index is 12.3. The molecule has 0 fully saturated rings. The Bertz CT molecular complexity index is 749. The van der Waals surface area contributed by atoms with E-state index in [-0.39, 0.29) is 30.1 Å². The van der Waals surface area contributed by atoms with Crippen LogP contribution in [0.2, 0.25) is 0 Å². The Morgan fingerprint density at radius 3 is 2.48 bits per heavy atom. The molecular weight excluding hydrogens is 298 g/mol. The molecule has 6 heteroatoms. The summed E-state index contributed by atoms with van der Waals surface area (Å²) in [7, 11) is 0. The van der Waals surface area contributed by atoms with Gasteiger partial charge in [-0.05, 0) is 37.6 Å². The summed E-state index contributed by atoms with van der Waals surface area (Å²) in [5.41, 5.74) is 0.802. The number of carbonyl (C=O) groups excluding carboxylic acids is 1. The van der Waals surface area contributed by atoms with Crippen LogP contribution in [0.4, 0.5) is 0 Å². The number of benzene rings is 1. The minimum Gasteiger partial charge on any atom is -0.508 e. The van der Waals surface area contributed by atoms with E-state index in [4.69, 9.17) is 4.74 Å². The number of phenols is 1. The number of esters is 1. The number of hydrogen-bond acceptors (Lipinski definition) is 5.